The molecule has 9 heteroatoms. The van der Waals surface area contributed by atoms with E-state index in [1.807, 2.05) is 52.0 Å². The van der Waals surface area contributed by atoms with E-state index in [2.05, 4.69) is 21.2 Å². The number of benzene rings is 3. The van der Waals surface area contributed by atoms with Crippen molar-refractivity contribution < 1.29 is 18.0 Å². The predicted molar refractivity (Wildman–Crippen MR) is 159 cm³/mol. The molecule has 1 N–H and O–H groups in total. The molecule has 2 amide bonds. The second-order valence-electron chi connectivity index (χ2n) is 9.81. The molecule has 0 aromatic heterocycles. The molecule has 3 aromatic carbocycles. The number of anilines is 1. The topological polar surface area (TPSA) is 86.8 Å². The molecular formula is C30H36BrN3O4S. The Morgan fingerprint density at radius 3 is 2.08 bits per heavy atom. The molecule has 3 aromatic rings. The molecule has 0 heterocycles. The lowest BCUT2D eigenvalue weighted by Crippen LogP contribution is -2.52. The first-order valence-electron chi connectivity index (χ1n) is 12.9. The number of aryl methyl sites for hydroxylation is 2. The monoisotopic (exact) mass is 613 g/mol. The first kappa shape index (κ1) is 30.4. The quantitative estimate of drug-likeness (QED) is 0.305. The van der Waals surface area contributed by atoms with Gasteiger partial charge in [-0.15, -0.1) is 0 Å². The van der Waals surface area contributed by atoms with E-state index in [-0.39, 0.29) is 23.4 Å². The zero-order valence-electron chi connectivity index (χ0n) is 23.0. The fourth-order valence-corrected chi connectivity index (χ4v) is 5.73. The zero-order valence-corrected chi connectivity index (χ0v) is 25.4. The third-order valence-corrected chi connectivity index (χ3v) is 8.91. The van der Waals surface area contributed by atoms with Crippen molar-refractivity contribution in [2.45, 2.75) is 64.6 Å². The Bertz CT molecular complexity index is 1390. The van der Waals surface area contributed by atoms with Gasteiger partial charge in [0.2, 0.25) is 11.8 Å². The smallest absolute Gasteiger partial charge is 0.264 e. The Kier molecular flexibility index (Phi) is 10.3. The highest BCUT2D eigenvalue weighted by Gasteiger charge is 2.32. The van der Waals surface area contributed by atoms with Crippen LogP contribution in [0.2, 0.25) is 0 Å². The van der Waals surface area contributed by atoms with Crippen LogP contribution in [0.4, 0.5) is 5.69 Å². The molecule has 0 aliphatic rings. The van der Waals surface area contributed by atoms with Gasteiger partial charge in [0, 0.05) is 17.1 Å². The number of carbonyl (C=O) groups excluding carboxylic acids is 2. The van der Waals surface area contributed by atoms with Crippen LogP contribution >= 0.6 is 15.9 Å². The summed E-state index contributed by atoms with van der Waals surface area (Å²) in [5, 5.41) is 2.94. The number of carbonyl (C=O) groups is 2. The molecule has 0 aliphatic carbocycles. The number of hydrogen-bond acceptors (Lipinski definition) is 4. The summed E-state index contributed by atoms with van der Waals surface area (Å²) in [6.45, 7) is 9.07. The van der Waals surface area contributed by atoms with E-state index in [1.54, 1.807) is 43.3 Å². The Morgan fingerprint density at radius 1 is 0.923 bits per heavy atom. The Balaban J connectivity index is 2.02. The second-order valence-corrected chi connectivity index (χ2v) is 12.6. The third-order valence-electron chi connectivity index (χ3n) is 6.63. The summed E-state index contributed by atoms with van der Waals surface area (Å²) >= 11 is 3.41. The molecule has 0 fully saturated rings. The predicted octanol–water partition coefficient (Wildman–Crippen LogP) is 5.59. The van der Waals surface area contributed by atoms with E-state index in [0.29, 0.717) is 10.2 Å². The minimum absolute atomic E-state index is 0.0589. The van der Waals surface area contributed by atoms with Gasteiger partial charge in [0.15, 0.2) is 0 Å². The number of nitrogens with one attached hydrogen (secondary N) is 1. The molecule has 2 atom stereocenters. The normalized spacial score (nSPS) is 12.9. The van der Waals surface area contributed by atoms with Crippen molar-refractivity contribution in [1.82, 2.24) is 10.2 Å². The first-order valence-corrected chi connectivity index (χ1v) is 15.2. The van der Waals surface area contributed by atoms with Gasteiger partial charge < -0.3 is 10.2 Å². The summed E-state index contributed by atoms with van der Waals surface area (Å²) in [5.74, 6) is -0.779. The maximum Gasteiger partial charge on any atom is 0.264 e. The van der Waals surface area contributed by atoms with Crippen LogP contribution in [-0.4, -0.2) is 43.8 Å². The Hall–Kier alpha value is -3.17. The number of amides is 2. The summed E-state index contributed by atoms with van der Waals surface area (Å²) in [4.78, 5) is 28.6. The second kappa shape index (κ2) is 13.3. The molecule has 0 saturated heterocycles. The van der Waals surface area contributed by atoms with Crippen molar-refractivity contribution in [2.24, 2.45) is 0 Å². The van der Waals surface area contributed by atoms with Crippen LogP contribution in [0.5, 0.6) is 0 Å². The van der Waals surface area contributed by atoms with Gasteiger partial charge in [-0.25, -0.2) is 8.42 Å². The van der Waals surface area contributed by atoms with Crippen LogP contribution in [0.3, 0.4) is 0 Å². The highest BCUT2D eigenvalue weighted by atomic mass is 79.9. The standard InChI is InChI=1S/C30H36BrN3O4S/c1-6-23(4)32-30(36)24(5)33(19-25-14-10-21(2)11-15-25)29(35)20-34(27-9-7-8-26(31)18-27)39(37,38)28-16-12-22(3)13-17-28/h7-18,23-24H,6,19-20H2,1-5H3,(H,32,36)/t23-,24+/m0/s1. The number of hydrogen-bond donors (Lipinski definition) is 1. The van der Waals surface area contributed by atoms with Gasteiger partial charge in [0.05, 0.1) is 10.6 Å². The van der Waals surface area contributed by atoms with Gasteiger partial charge in [-0.05, 0) is 70.0 Å². The van der Waals surface area contributed by atoms with E-state index in [9.17, 15) is 18.0 Å². The Morgan fingerprint density at radius 2 is 1.51 bits per heavy atom. The lowest BCUT2D eigenvalue weighted by Gasteiger charge is -2.32. The maximum atomic E-state index is 13.9. The van der Waals surface area contributed by atoms with Gasteiger partial charge >= 0.3 is 0 Å². The summed E-state index contributed by atoms with van der Waals surface area (Å²) < 4.78 is 29.5. The fourth-order valence-electron chi connectivity index (χ4n) is 3.94. The van der Waals surface area contributed by atoms with Crippen LogP contribution in [-0.2, 0) is 26.2 Å². The molecule has 0 unspecified atom stereocenters. The highest BCUT2D eigenvalue weighted by molar-refractivity contribution is 9.10. The highest BCUT2D eigenvalue weighted by Crippen LogP contribution is 2.27. The first-order chi connectivity index (χ1) is 18.4. The van der Waals surface area contributed by atoms with Crippen LogP contribution in [0.15, 0.2) is 82.2 Å². The summed E-state index contributed by atoms with van der Waals surface area (Å²) in [6, 6.07) is 20.1. The van der Waals surface area contributed by atoms with Gasteiger partial charge in [0.1, 0.15) is 12.6 Å². The molecule has 0 radical (unpaired) electrons. The number of sulfonamides is 1. The lowest BCUT2D eigenvalue weighted by molar-refractivity contribution is -0.139. The van der Waals surface area contributed by atoms with Crippen molar-refractivity contribution in [3.8, 4) is 0 Å². The van der Waals surface area contributed by atoms with Crippen LogP contribution in [0.1, 0.15) is 43.9 Å². The molecule has 7 nitrogen and oxygen atoms in total. The summed E-state index contributed by atoms with van der Waals surface area (Å²) in [6.07, 6.45) is 0.746. The average Bonchev–Trinajstić information content (AvgIpc) is 2.90. The summed E-state index contributed by atoms with van der Waals surface area (Å²) in [7, 11) is -4.10. The number of halogens is 1. The average molecular weight is 615 g/mol. The minimum Gasteiger partial charge on any atom is -0.352 e. The van der Waals surface area contributed by atoms with Crippen molar-refractivity contribution in [1.29, 1.82) is 0 Å². The fraction of sp³-hybridized carbons (Fsp3) is 0.333. The van der Waals surface area contributed by atoms with Crippen molar-refractivity contribution in [3.05, 3.63) is 94.0 Å². The Labute approximate surface area is 240 Å². The van der Waals surface area contributed by atoms with Crippen molar-refractivity contribution in [2.75, 3.05) is 10.8 Å². The lowest BCUT2D eigenvalue weighted by atomic mass is 10.1. The van der Waals surface area contributed by atoms with Gasteiger partial charge in [-0.3, -0.25) is 13.9 Å². The van der Waals surface area contributed by atoms with E-state index < -0.39 is 28.5 Å². The number of rotatable bonds is 11. The number of nitrogens with zero attached hydrogens (tertiary/aromatic N) is 2. The molecule has 3 rings (SSSR count). The molecule has 0 spiro atoms. The summed E-state index contributed by atoms with van der Waals surface area (Å²) in [5.41, 5.74) is 3.17. The van der Waals surface area contributed by atoms with Gasteiger partial charge in [0.25, 0.3) is 10.0 Å². The van der Waals surface area contributed by atoms with E-state index >= 15 is 0 Å². The molecule has 0 bridgehead atoms. The van der Waals surface area contributed by atoms with Crippen molar-refractivity contribution >= 4 is 43.5 Å². The van der Waals surface area contributed by atoms with Crippen LogP contribution < -0.4 is 9.62 Å². The minimum atomic E-state index is -4.10. The molecule has 208 valence electrons. The molecular weight excluding hydrogens is 578 g/mol. The molecule has 0 saturated carbocycles. The largest absolute Gasteiger partial charge is 0.352 e. The van der Waals surface area contributed by atoms with Gasteiger partial charge in [-0.2, -0.15) is 0 Å². The van der Waals surface area contributed by atoms with E-state index in [1.165, 1.54) is 17.0 Å². The van der Waals surface area contributed by atoms with Crippen LogP contribution in [0.25, 0.3) is 0 Å². The SMILES string of the molecule is CC[C@H](C)NC(=O)[C@@H](C)N(Cc1ccc(C)cc1)C(=O)CN(c1cccc(Br)c1)S(=O)(=O)c1ccc(C)cc1. The molecule has 39 heavy (non-hydrogen) atoms. The van der Waals surface area contributed by atoms with Crippen molar-refractivity contribution in [3.63, 3.8) is 0 Å². The maximum absolute atomic E-state index is 13.9. The van der Waals surface area contributed by atoms with E-state index in [4.69, 9.17) is 0 Å². The molecule has 0 aliphatic heterocycles. The van der Waals surface area contributed by atoms with E-state index in [0.717, 1.165) is 27.4 Å². The van der Waals surface area contributed by atoms with Gasteiger partial charge in [-0.1, -0.05) is 76.4 Å². The third kappa shape index (κ3) is 7.92. The van der Waals surface area contributed by atoms with Crippen LogP contribution in [0, 0.1) is 13.8 Å². The zero-order chi connectivity index (χ0) is 28.7.